The minimum Gasteiger partial charge on any atom is -0.494 e. The molecule has 0 unspecified atom stereocenters. The maximum absolute atomic E-state index is 11.3. The third-order valence-electron chi connectivity index (χ3n) is 4.07. The number of carbonyl (C=O) groups is 1. The molecule has 114 valence electrons. The number of anilines is 1. The van der Waals surface area contributed by atoms with Gasteiger partial charge in [0.2, 0.25) is 5.91 Å². The van der Waals surface area contributed by atoms with E-state index in [9.17, 15) is 4.79 Å². The van der Waals surface area contributed by atoms with Crippen LogP contribution in [0.2, 0.25) is 0 Å². The van der Waals surface area contributed by atoms with Crippen molar-refractivity contribution < 1.29 is 9.53 Å². The summed E-state index contributed by atoms with van der Waals surface area (Å²) in [6.07, 6.45) is 2.42. The fraction of sp³-hybridized carbons (Fsp3) is 0.562. The van der Waals surface area contributed by atoms with Gasteiger partial charge in [-0.2, -0.15) is 0 Å². The molecule has 0 atom stereocenters. The van der Waals surface area contributed by atoms with E-state index in [0.717, 1.165) is 63.6 Å². The number of benzene rings is 1. The van der Waals surface area contributed by atoms with Crippen molar-refractivity contribution in [2.24, 2.45) is 0 Å². The molecule has 5 heteroatoms. The fourth-order valence-electron chi connectivity index (χ4n) is 2.86. The van der Waals surface area contributed by atoms with E-state index in [1.807, 2.05) is 12.1 Å². The predicted molar refractivity (Wildman–Crippen MR) is 82.8 cm³/mol. The number of rotatable bonds is 5. The van der Waals surface area contributed by atoms with E-state index in [-0.39, 0.29) is 5.91 Å². The molecule has 0 aliphatic carbocycles. The zero-order valence-corrected chi connectivity index (χ0v) is 12.4. The van der Waals surface area contributed by atoms with Crippen LogP contribution in [0.5, 0.6) is 5.75 Å². The maximum Gasteiger partial charge on any atom is 0.224 e. The van der Waals surface area contributed by atoms with Gasteiger partial charge in [0.25, 0.3) is 0 Å². The monoisotopic (exact) mass is 289 g/mol. The summed E-state index contributed by atoms with van der Waals surface area (Å²) in [4.78, 5) is 13.8. The number of nitrogens with one attached hydrogen (secondary N) is 2. The third-order valence-corrected chi connectivity index (χ3v) is 4.07. The summed E-state index contributed by atoms with van der Waals surface area (Å²) in [5.41, 5.74) is 2.11. The van der Waals surface area contributed by atoms with E-state index < -0.39 is 0 Å². The minimum absolute atomic E-state index is 0.104. The molecule has 2 aliphatic heterocycles. The van der Waals surface area contributed by atoms with E-state index in [1.165, 1.54) is 5.56 Å². The molecule has 0 spiro atoms. The number of piperazine rings is 1. The van der Waals surface area contributed by atoms with Gasteiger partial charge in [0, 0.05) is 44.8 Å². The van der Waals surface area contributed by atoms with Gasteiger partial charge in [-0.05, 0) is 36.6 Å². The van der Waals surface area contributed by atoms with E-state index in [4.69, 9.17) is 4.74 Å². The average molecular weight is 289 g/mol. The van der Waals surface area contributed by atoms with E-state index >= 15 is 0 Å². The Labute approximate surface area is 125 Å². The van der Waals surface area contributed by atoms with Crippen molar-refractivity contribution >= 4 is 11.6 Å². The van der Waals surface area contributed by atoms with Crippen LogP contribution >= 0.6 is 0 Å². The number of aryl methyl sites for hydroxylation is 1. The maximum atomic E-state index is 11.3. The van der Waals surface area contributed by atoms with Gasteiger partial charge in [0.15, 0.2) is 0 Å². The number of fused-ring (bicyclic) bond motifs is 1. The molecule has 2 aliphatic rings. The van der Waals surface area contributed by atoms with Gasteiger partial charge in [-0.3, -0.25) is 4.79 Å². The van der Waals surface area contributed by atoms with Crippen LogP contribution in [0.4, 0.5) is 5.69 Å². The Morgan fingerprint density at radius 1 is 1.19 bits per heavy atom. The van der Waals surface area contributed by atoms with Crippen molar-refractivity contribution in [1.29, 1.82) is 0 Å². The molecule has 3 rings (SSSR count). The molecule has 1 aromatic carbocycles. The van der Waals surface area contributed by atoms with Gasteiger partial charge in [0.1, 0.15) is 5.75 Å². The highest BCUT2D eigenvalue weighted by Crippen LogP contribution is 2.26. The summed E-state index contributed by atoms with van der Waals surface area (Å²) >= 11 is 0. The number of hydrogen-bond donors (Lipinski definition) is 2. The highest BCUT2D eigenvalue weighted by molar-refractivity contribution is 5.93. The molecule has 21 heavy (non-hydrogen) atoms. The second-order valence-electron chi connectivity index (χ2n) is 5.66. The molecular weight excluding hydrogens is 266 g/mol. The Hall–Kier alpha value is -1.59. The molecular formula is C16H23N3O2. The molecule has 0 bridgehead atoms. The lowest BCUT2D eigenvalue weighted by molar-refractivity contribution is -0.116. The summed E-state index contributed by atoms with van der Waals surface area (Å²) in [6.45, 7) is 6.31. The molecule has 1 saturated heterocycles. The summed E-state index contributed by atoms with van der Waals surface area (Å²) in [7, 11) is 0. The van der Waals surface area contributed by atoms with Crippen molar-refractivity contribution in [3.8, 4) is 5.75 Å². The first-order valence-electron chi connectivity index (χ1n) is 7.80. The predicted octanol–water partition coefficient (Wildman–Crippen LogP) is 1.25. The van der Waals surface area contributed by atoms with Crippen LogP contribution in [0.15, 0.2) is 18.2 Å². The van der Waals surface area contributed by atoms with E-state index in [1.54, 1.807) is 0 Å². The molecule has 2 N–H and O–H groups in total. The lowest BCUT2D eigenvalue weighted by Gasteiger charge is -2.27. The molecule has 5 nitrogen and oxygen atoms in total. The molecule has 0 saturated carbocycles. The molecule has 0 radical (unpaired) electrons. The lowest BCUT2D eigenvalue weighted by Crippen LogP contribution is -2.43. The topological polar surface area (TPSA) is 53.6 Å². The van der Waals surface area contributed by atoms with Crippen LogP contribution in [0, 0.1) is 0 Å². The van der Waals surface area contributed by atoms with Crippen molar-refractivity contribution in [2.75, 3.05) is 44.6 Å². The summed E-state index contributed by atoms with van der Waals surface area (Å²) < 4.78 is 5.83. The van der Waals surface area contributed by atoms with Crippen molar-refractivity contribution in [1.82, 2.24) is 10.2 Å². The van der Waals surface area contributed by atoms with Crippen molar-refractivity contribution in [3.63, 3.8) is 0 Å². The van der Waals surface area contributed by atoms with Gasteiger partial charge in [0.05, 0.1) is 6.61 Å². The van der Waals surface area contributed by atoms with Gasteiger partial charge in [-0.1, -0.05) is 0 Å². The fourth-order valence-corrected chi connectivity index (χ4v) is 2.86. The first kappa shape index (κ1) is 14.4. The number of ether oxygens (including phenoxy) is 1. The van der Waals surface area contributed by atoms with Crippen LogP contribution in [-0.4, -0.2) is 50.1 Å². The van der Waals surface area contributed by atoms with Crippen molar-refractivity contribution in [3.05, 3.63) is 23.8 Å². The normalized spacial score (nSPS) is 19.0. The smallest absolute Gasteiger partial charge is 0.224 e. The van der Waals surface area contributed by atoms with Gasteiger partial charge >= 0.3 is 0 Å². The van der Waals surface area contributed by atoms with Crippen LogP contribution in [-0.2, 0) is 11.2 Å². The van der Waals surface area contributed by atoms with Crippen LogP contribution in [0.1, 0.15) is 18.4 Å². The minimum atomic E-state index is 0.104. The van der Waals surface area contributed by atoms with Crippen LogP contribution < -0.4 is 15.4 Å². The summed E-state index contributed by atoms with van der Waals surface area (Å²) in [5, 5.41) is 6.25. The van der Waals surface area contributed by atoms with Gasteiger partial charge in [-0.25, -0.2) is 0 Å². The lowest BCUT2D eigenvalue weighted by atomic mass is 10.0. The number of hydrogen-bond acceptors (Lipinski definition) is 4. The second-order valence-corrected chi connectivity index (χ2v) is 5.66. The Morgan fingerprint density at radius 3 is 2.90 bits per heavy atom. The average Bonchev–Trinajstić information content (AvgIpc) is 2.52. The first-order chi connectivity index (χ1) is 10.3. The zero-order valence-electron chi connectivity index (χ0n) is 12.4. The number of carbonyl (C=O) groups excluding carboxylic acids is 1. The van der Waals surface area contributed by atoms with Crippen LogP contribution in [0.3, 0.4) is 0 Å². The number of amides is 1. The third kappa shape index (κ3) is 3.95. The highest BCUT2D eigenvalue weighted by atomic mass is 16.5. The Kier molecular flexibility index (Phi) is 4.72. The van der Waals surface area contributed by atoms with E-state index in [2.05, 4.69) is 21.6 Å². The Morgan fingerprint density at radius 2 is 2.05 bits per heavy atom. The Bertz CT molecular complexity index is 498. The second kappa shape index (κ2) is 6.91. The molecule has 2 heterocycles. The summed E-state index contributed by atoms with van der Waals surface area (Å²) in [5.74, 6) is 1.01. The molecule has 0 aromatic heterocycles. The van der Waals surface area contributed by atoms with E-state index in [0.29, 0.717) is 6.42 Å². The largest absolute Gasteiger partial charge is 0.494 e. The number of nitrogens with zero attached hydrogens (tertiary/aromatic N) is 1. The van der Waals surface area contributed by atoms with Gasteiger partial charge < -0.3 is 20.3 Å². The quantitative estimate of drug-likeness (QED) is 0.801. The molecule has 1 amide bonds. The zero-order chi connectivity index (χ0) is 14.5. The standard InChI is InChI=1S/C16H23N3O2/c20-16-5-2-13-12-14(3-4-15(13)18-16)21-11-1-8-19-9-6-17-7-10-19/h3-4,12,17H,1-2,5-11H2,(H,18,20). The highest BCUT2D eigenvalue weighted by Gasteiger charge is 2.15. The molecule has 1 fully saturated rings. The van der Waals surface area contributed by atoms with Crippen LogP contribution in [0.25, 0.3) is 0 Å². The Balaban J connectivity index is 1.44. The summed E-state index contributed by atoms with van der Waals surface area (Å²) in [6, 6.07) is 5.94. The molecule has 1 aromatic rings. The SMILES string of the molecule is O=C1CCc2cc(OCCCN3CCNCC3)ccc2N1. The van der Waals surface area contributed by atoms with Crippen molar-refractivity contribution in [2.45, 2.75) is 19.3 Å². The van der Waals surface area contributed by atoms with Gasteiger partial charge in [-0.15, -0.1) is 0 Å². The first-order valence-corrected chi connectivity index (χ1v) is 7.80.